The van der Waals surface area contributed by atoms with Crippen LogP contribution in [0.2, 0.25) is 0 Å². The summed E-state index contributed by atoms with van der Waals surface area (Å²) in [7, 11) is 0. The maximum atomic E-state index is 10.3. The van der Waals surface area contributed by atoms with Gasteiger partial charge in [0.05, 0.1) is 17.5 Å². The van der Waals surface area contributed by atoms with Crippen molar-refractivity contribution in [3.63, 3.8) is 0 Å². The van der Waals surface area contributed by atoms with Crippen LogP contribution in [0.1, 0.15) is 28.6 Å². The third-order valence-electron chi connectivity index (χ3n) is 2.87. The van der Waals surface area contributed by atoms with E-state index in [0.29, 0.717) is 6.42 Å². The molecule has 0 saturated heterocycles. The maximum Gasteiger partial charge on any atom is 0.0849 e. The van der Waals surface area contributed by atoms with Gasteiger partial charge in [-0.2, -0.15) is 10.2 Å². The van der Waals surface area contributed by atoms with Crippen LogP contribution in [0.4, 0.5) is 0 Å². The predicted octanol–water partition coefficient (Wildman–Crippen LogP) is 3.13. The fraction of sp³-hybridized carbons (Fsp3) is 0.286. The van der Waals surface area contributed by atoms with Gasteiger partial charge in [0, 0.05) is 16.5 Å². The summed E-state index contributed by atoms with van der Waals surface area (Å²) in [5.74, 6) is 0. The van der Waals surface area contributed by atoms with E-state index in [1.54, 1.807) is 0 Å². The summed E-state index contributed by atoms with van der Waals surface area (Å²) in [5, 5.41) is 18.3. The molecule has 0 fully saturated rings. The van der Waals surface area contributed by atoms with Crippen molar-refractivity contribution in [2.24, 2.45) is 0 Å². The first-order valence-electron chi connectivity index (χ1n) is 5.80. The van der Waals surface area contributed by atoms with Gasteiger partial charge in [-0.25, -0.2) is 0 Å². The number of rotatable bonds is 3. The van der Waals surface area contributed by atoms with E-state index in [9.17, 15) is 5.11 Å². The van der Waals surface area contributed by atoms with Gasteiger partial charge < -0.3 is 5.11 Å². The van der Waals surface area contributed by atoms with Crippen LogP contribution in [0.5, 0.6) is 0 Å². The molecular formula is C14H15BrN2O. The summed E-state index contributed by atoms with van der Waals surface area (Å²) in [6, 6.07) is 9.80. The molecule has 0 amide bonds. The third-order valence-corrected chi connectivity index (χ3v) is 3.64. The lowest BCUT2D eigenvalue weighted by molar-refractivity contribution is 0.176. The summed E-state index contributed by atoms with van der Waals surface area (Å²) in [4.78, 5) is 0. The van der Waals surface area contributed by atoms with Crippen molar-refractivity contribution in [1.29, 1.82) is 0 Å². The van der Waals surface area contributed by atoms with E-state index in [1.165, 1.54) is 0 Å². The molecular weight excluding hydrogens is 292 g/mol. The summed E-state index contributed by atoms with van der Waals surface area (Å²) >= 11 is 3.49. The van der Waals surface area contributed by atoms with Crippen LogP contribution in [0.3, 0.4) is 0 Å². The Balaban J connectivity index is 2.25. The summed E-state index contributed by atoms with van der Waals surface area (Å²) in [6.45, 7) is 3.74. The second-order valence-electron chi connectivity index (χ2n) is 4.34. The summed E-state index contributed by atoms with van der Waals surface area (Å²) < 4.78 is 1.01. The van der Waals surface area contributed by atoms with Crippen LogP contribution in [-0.4, -0.2) is 15.3 Å². The maximum absolute atomic E-state index is 10.3. The van der Waals surface area contributed by atoms with Gasteiger partial charge in [-0.05, 0) is 31.5 Å². The minimum atomic E-state index is -0.558. The zero-order valence-corrected chi connectivity index (χ0v) is 12.0. The summed E-state index contributed by atoms with van der Waals surface area (Å²) in [6.07, 6.45) is 0.00539. The molecule has 2 aromatic rings. The molecule has 0 bridgehead atoms. The largest absolute Gasteiger partial charge is 0.388 e. The lowest BCUT2D eigenvalue weighted by atomic mass is 10.0. The van der Waals surface area contributed by atoms with Gasteiger partial charge in [-0.3, -0.25) is 0 Å². The first-order valence-corrected chi connectivity index (χ1v) is 6.59. The van der Waals surface area contributed by atoms with Gasteiger partial charge in [0.1, 0.15) is 0 Å². The van der Waals surface area contributed by atoms with Crippen LogP contribution in [0, 0.1) is 13.8 Å². The molecule has 0 aliphatic carbocycles. The van der Waals surface area contributed by atoms with Crippen molar-refractivity contribution in [3.05, 3.63) is 57.3 Å². The Morgan fingerprint density at radius 1 is 1.22 bits per heavy atom. The number of nitrogens with zero attached hydrogens (tertiary/aromatic N) is 2. The first-order chi connectivity index (χ1) is 8.58. The SMILES string of the molecule is Cc1cc(C(O)Cc2ccccc2Br)c(C)nn1. The second kappa shape index (κ2) is 5.59. The van der Waals surface area contributed by atoms with E-state index in [0.717, 1.165) is 27.0 Å². The lowest BCUT2D eigenvalue weighted by Crippen LogP contribution is -2.07. The highest BCUT2D eigenvalue weighted by Crippen LogP contribution is 2.24. The van der Waals surface area contributed by atoms with E-state index in [4.69, 9.17) is 0 Å². The van der Waals surface area contributed by atoms with Crippen molar-refractivity contribution < 1.29 is 5.11 Å². The Labute approximate surface area is 115 Å². The Kier molecular flexibility index (Phi) is 4.09. The van der Waals surface area contributed by atoms with Crippen LogP contribution < -0.4 is 0 Å². The molecule has 0 aliphatic rings. The monoisotopic (exact) mass is 306 g/mol. The van der Waals surface area contributed by atoms with E-state index in [2.05, 4.69) is 26.1 Å². The van der Waals surface area contributed by atoms with Crippen molar-refractivity contribution in [2.75, 3.05) is 0 Å². The highest BCUT2D eigenvalue weighted by atomic mass is 79.9. The average Bonchev–Trinajstić information content (AvgIpc) is 2.35. The van der Waals surface area contributed by atoms with Crippen molar-refractivity contribution >= 4 is 15.9 Å². The molecule has 1 atom stereocenters. The van der Waals surface area contributed by atoms with Gasteiger partial charge in [0.15, 0.2) is 0 Å². The first kappa shape index (κ1) is 13.2. The fourth-order valence-corrected chi connectivity index (χ4v) is 2.34. The van der Waals surface area contributed by atoms with Crippen molar-refractivity contribution in [3.8, 4) is 0 Å². The average molecular weight is 307 g/mol. The summed E-state index contributed by atoms with van der Waals surface area (Å²) in [5.41, 5.74) is 3.53. The predicted molar refractivity (Wildman–Crippen MR) is 74.3 cm³/mol. The van der Waals surface area contributed by atoms with Gasteiger partial charge in [0.25, 0.3) is 0 Å². The molecule has 1 heterocycles. The number of aryl methyl sites for hydroxylation is 2. The molecule has 0 spiro atoms. The third kappa shape index (κ3) is 2.94. The van der Waals surface area contributed by atoms with Gasteiger partial charge in [0.2, 0.25) is 0 Å². The molecule has 0 radical (unpaired) electrons. The number of hydrogen-bond acceptors (Lipinski definition) is 3. The Morgan fingerprint density at radius 2 is 1.94 bits per heavy atom. The van der Waals surface area contributed by atoms with Crippen molar-refractivity contribution in [1.82, 2.24) is 10.2 Å². The standard InChI is InChI=1S/C14H15BrN2O/c1-9-7-12(10(2)17-16-9)14(18)8-11-5-3-4-6-13(11)15/h3-7,14,18H,8H2,1-2H3. The van der Waals surface area contributed by atoms with Gasteiger partial charge >= 0.3 is 0 Å². The Hall–Kier alpha value is -1.26. The molecule has 18 heavy (non-hydrogen) atoms. The molecule has 1 aromatic heterocycles. The van der Waals surface area contributed by atoms with Crippen LogP contribution in [0.15, 0.2) is 34.8 Å². The molecule has 1 unspecified atom stereocenters. The molecule has 1 aromatic carbocycles. The minimum absolute atomic E-state index is 0.558. The topological polar surface area (TPSA) is 46.0 Å². The molecule has 3 nitrogen and oxygen atoms in total. The fourth-order valence-electron chi connectivity index (χ4n) is 1.89. The normalized spacial score (nSPS) is 12.4. The molecule has 94 valence electrons. The van der Waals surface area contributed by atoms with E-state index >= 15 is 0 Å². The Bertz CT molecular complexity index is 557. The highest BCUT2D eigenvalue weighted by Gasteiger charge is 2.14. The molecule has 2 rings (SSSR count). The number of benzene rings is 1. The smallest absolute Gasteiger partial charge is 0.0849 e. The highest BCUT2D eigenvalue weighted by molar-refractivity contribution is 9.10. The molecule has 0 aliphatic heterocycles. The quantitative estimate of drug-likeness (QED) is 0.947. The number of hydrogen-bond donors (Lipinski definition) is 1. The number of aliphatic hydroxyl groups excluding tert-OH is 1. The van der Waals surface area contributed by atoms with E-state index in [-0.39, 0.29) is 0 Å². The van der Waals surface area contributed by atoms with E-state index in [1.807, 2.05) is 44.2 Å². The molecule has 1 N–H and O–H groups in total. The van der Waals surface area contributed by atoms with Crippen LogP contribution in [-0.2, 0) is 6.42 Å². The zero-order chi connectivity index (χ0) is 13.1. The van der Waals surface area contributed by atoms with Gasteiger partial charge in [-0.15, -0.1) is 0 Å². The van der Waals surface area contributed by atoms with E-state index < -0.39 is 6.10 Å². The van der Waals surface area contributed by atoms with Gasteiger partial charge in [-0.1, -0.05) is 34.1 Å². The lowest BCUT2D eigenvalue weighted by Gasteiger charge is -2.14. The van der Waals surface area contributed by atoms with Crippen LogP contribution in [0.25, 0.3) is 0 Å². The zero-order valence-electron chi connectivity index (χ0n) is 10.4. The van der Waals surface area contributed by atoms with Crippen LogP contribution >= 0.6 is 15.9 Å². The second-order valence-corrected chi connectivity index (χ2v) is 5.19. The number of aliphatic hydroxyl groups is 1. The van der Waals surface area contributed by atoms with Crippen molar-refractivity contribution in [2.45, 2.75) is 26.4 Å². The molecule has 4 heteroatoms. The number of halogens is 1. The number of aromatic nitrogens is 2. The Morgan fingerprint density at radius 3 is 2.67 bits per heavy atom. The molecule has 0 saturated carbocycles. The minimum Gasteiger partial charge on any atom is -0.388 e.